The smallest absolute Gasteiger partial charge is 0.339 e. The zero-order valence-electron chi connectivity index (χ0n) is 15.0. The Hall–Kier alpha value is -3.07. The van der Waals surface area contributed by atoms with E-state index in [1.54, 1.807) is 66.7 Å². The van der Waals surface area contributed by atoms with Crippen molar-refractivity contribution in [2.75, 3.05) is 0 Å². The molecule has 0 fully saturated rings. The van der Waals surface area contributed by atoms with Crippen molar-refractivity contribution in [1.29, 1.82) is 5.26 Å². The number of nitriles is 1. The summed E-state index contributed by atoms with van der Waals surface area (Å²) in [7, 11) is -3.94. The second kappa shape index (κ2) is 8.30. The Labute approximate surface area is 169 Å². The van der Waals surface area contributed by atoms with Crippen LogP contribution in [0.1, 0.15) is 16.7 Å². The fourth-order valence-electron chi connectivity index (χ4n) is 2.51. The van der Waals surface area contributed by atoms with Gasteiger partial charge in [-0.3, -0.25) is 0 Å². The highest BCUT2D eigenvalue weighted by atomic mass is 35.5. The summed E-state index contributed by atoms with van der Waals surface area (Å²) in [5, 5.41) is 10.0. The summed E-state index contributed by atoms with van der Waals surface area (Å²) >= 11 is 5.89. The van der Waals surface area contributed by atoms with Crippen LogP contribution in [0.4, 0.5) is 0 Å². The topological polar surface area (TPSA) is 67.2 Å². The van der Waals surface area contributed by atoms with E-state index in [2.05, 4.69) is 6.07 Å². The van der Waals surface area contributed by atoms with Crippen molar-refractivity contribution in [1.82, 2.24) is 0 Å². The maximum absolute atomic E-state index is 12.5. The monoisotopic (exact) mass is 409 g/mol. The fraction of sp³-hybridized carbons (Fsp3) is 0.0455. The normalized spacial score (nSPS) is 11.7. The lowest BCUT2D eigenvalue weighted by Gasteiger charge is -2.08. The average Bonchev–Trinajstić information content (AvgIpc) is 2.67. The highest BCUT2D eigenvalue weighted by Crippen LogP contribution is 2.24. The molecule has 6 heteroatoms. The van der Waals surface area contributed by atoms with Crippen molar-refractivity contribution >= 4 is 33.4 Å². The number of rotatable bonds is 5. The molecule has 0 aliphatic rings. The molecule has 0 bridgehead atoms. The lowest BCUT2D eigenvalue weighted by molar-refractivity contribution is 0.486. The van der Waals surface area contributed by atoms with Gasteiger partial charge in [-0.2, -0.15) is 13.7 Å². The minimum Gasteiger partial charge on any atom is -0.379 e. The van der Waals surface area contributed by atoms with Gasteiger partial charge < -0.3 is 4.18 Å². The van der Waals surface area contributed by atoms with Crippen molar-refractivity contribution < 1.29 is 12.6 Å². The van der Waals surface area contributed by atoms with Crippen molar-refractivity contribution in [2.45, 2.75) is 11.8 Å². The predicted molar refractivity (Wildman–Crippen MR) is 110 cm³/mol. The minimum atomic E-state index is -3.94. The van der Waals surface area contributed by atoms with Gasteiger partial charge in [-0.25, -0.2) is 0 Å². The van der Waals surface area contributed by atoms with Gasteiger partial charge in [-0.15, -0.1) is 0 Å². The van der Waals surface area contributed by atoms with E-state index >= 15 is 0 Å². The van der Waals surface area contributed by atoms with E-state index in [0.29, 0.717) is 21.7 Å². The van der Waals surface area contributed by atoms with Gasteiger partial charge in [-0.05, 0) is 60.5 Å². The maximum atomic E-state index is 12.5. The summed E-state index contributed by atoms with van der Waals surface area (Å²) in [5.41, 5.74) is 2.74. The van der Waals surface area contributed by atoms with E-state index in [1.807, 2.05) is 6.92 Å². The lowest BCUT2D eigenvalue weighted by Crippen LogP contribution is -2.09. The molecule has 3 aromatic rings. The van der Waals surface area contributed by atoms with Crippen molar-refractivity contribution in [2.24, 2.45) is 0 Å². The Kier molecular flexibility index (Phi) is 5.84. The van der Waals surface area contributed by atoms with Gasteiger partial charge in [0, 0.05) is 5.02 Å². The third kappa shape index (κ3) is 4.80. The molecular formula is C22H16ClNO3S. The molecule has 0 amide bonds. The molecule has 0 unspecified atom stereocenters. The third-order valence-electron chi connectivity index (χ3n) is 3.96. The zero-order valence-corrected chi connectivity index (χ0v) is 16.5. The van der Waals surface area contributed by atoms with Crippen LogP contribution >= 0.6 is 11.6 Å². The molecule has 3 rings (SSSR count). The summed E-state index contributed by atoms with van der Waals surface area (Å²) in [6.07, 6.45) is 1.66. The highest BCUT2D eigenvalue weighted by molar-refractivity contribution is 7.87. The van der Waals surface area contributed by atoms with Crippen LogP contribution in [0.25, 0.3) is 11.6 Å². The Balaban J connectivity index is 1.88. The van der Waals surface area contributed by atoms with Gasteiger partial charge >= 0.3 is 10.1 Å². The van der Waals surface area contributed by atoms with Crippen LogP contribution in [0.3, 0.4) is 0 Å². The fourth-order valence-corrected chi connectivity index (χ4v) is 3.56. The van der Waals surface area contributed by atoms with Gasteiger partial charge in [-0.1, -0.05) is 53.6 Å². The number of nitrogens with zero attached hydrogens (tertiary/aromatic N) is 1. The molecule has 0 aliphatic heterocycles. The number of halogens is 1. The number of hydrogen-bond donors (Lipinski definition) is 0. The molecule has 0 N–H and O–H groups in total. The molecule has 0 aromatic heterocycles. The van der Waals surface area contributed by atoms with Crippen molar-refractivity contribution in [3.63, 3.8) is 0 Å². The zero-order chi connectivity index (χ0) is 20.1. The molecule has 0 atom stereocenters. The number of hydrogen-bond acceptors (Lipinski definition) is 4. The first-order valence-corrected chi connectivity index (χ1v) is 10.1. The van der Waals surface area contributed by atoms with E-state index in [0.717, 1.165) is 5.56 Å². The Morgan fingerprint density at radius 3 is 2.36 bits per heavy atom. The number of allylic oxidation sites excluding steroid dienone is 1. The largest absolute Gasteiger partial charge is 0.379 e. The van der Waals surface area contributed by atoms with Crippen LogP contribution in [0.2, 0.25) is 5.02 Å². The molecule has 0 spiro atoms. The molecule has 0 radical (unpaired) electrons. The first kappa shape index (κ1) is 19.7. The second-order valence-electron chi connectivity index (χ2n) is 6.10. The van der Waals surface area contributed by atoms with Crippen molar-refractivity contribution in [3.8, 4) is 11.8 Å². The maximum Gasteiger partial charge on any atom is 0.339 e. The molecule has 0 heterocycles. The van der Waals surface area contributed by atoms with Crippen LogP contribution in [0.15, 0.2) is 77.7 Å². The number of benzene rings is 3. The van der Waals surface area contributed by atoms with Crippen LogP contribution in [0.5, 0.6) is 5.75 Å². The van der Waals surface area contributed by atoms with Gasteiger partial charge in [0.1, 0.15) is 10.6 Å². The molecule has 4 nitrogen and oxygen atoms in total. The van der Waals surface area contributed by atoms with E-state index in [1.165, 1.54) is 12.1 Å². The van der Waals surface area contributed by atoms with Gasteiger partial charge in [0.05, 0.1) is 11.6 Å². The molecule has 0 aliphatic carbocycles. The summed E-state index contributed by atoms with van der Waals surface area (Å²) in [6, 6.07) is 22.0. The minimum absolute atomic E-state index is 0.0814. The van der Waals surface area contributed by atoms with Gasteiger partial charge in [0.25, 0.3) is 0 Å². The van der Waals surface area contributed by atoms with E-state index in [4.69, 9.17) is 15.8 Å². The number of aryl methyl sites for hydroxylation is 1. The Morgan fingerprint density at radius 1 is 1.04 bits per heavy atom. The highest BCUT2D eigenvalue weighted by Gasteiger charge is 2.16. The molecular weight excluding hydrogens is 394 g/mol. The third-order valence-corrected chi connectivity index (χ3v) is 5.47. The summed E-state index contributed by atoms with van der Waals surface area (Å²) in [4.78, 5) is 0.0814. The first-order valence-electron chi connectivity index (χ1n) is 8.36. The average molecular weight is 410 g/mol. The van der Waals surface area contributed by atoms with Gasteiger partial charge in [0.15, 0.2) is 0 Å². The first-order chi connectivity index (χ1) is 13.4. The lowest BCUT2D eigenvalue weighted by atomic mass is 10.0. The van der Waals surface area contributed by atoms with Crippen LogP contribution in [-0.2, 0) is 10.1 Å². The molecule has 0 saturated carbocycles. The van der Waals surface area contributed by atoms with Crippen LogP contribution in [0, 0.1) is 18.3 Å². The SMILES string of the molecule is Cc1ccc(S(=O)(=O)Oc2cccc(/C=C(\C#N)c3ccc(Cl)cc3)c2)cc1. The standard InChI is InChI=1S/C22H16ClNO3S/c1-16-5-11-22(12-6-16)28(25,26)27-21-4-2-3-17(14-21)13-19(15-24)18-7-9-20(23)10-8-18/h2-14H,1H3/b19-13+. The van der Waals surface area contributed by atoms with Gasteiger partial charge in [0.2, 0.25) is 0 Å². The van der Waals surface area contributed by atoms with E-state index in [-0.39, 0.29) is 10.6 Å². The quantitative estimate of drug-likeness (QED) is 0.318. The van der Waals surface area contributed by atoms with Crippen LogP contribution < -0.4 is 4.18 Å². The van der Waals surface area contributed by atoms with Crippen molar-refractivity contribution in [3.05, 3.63) is 94.5 Å². The predicted octanol–water partition coefficient (Wildman–Crippen LogP) is 5.48. The Morgan fingerprint density at radius 2 is 1.71 bits per heavy atom. The molecule has 3 aromatic carbocycles. The van der Waals surface area contributed by atoms with E-state index < -0.39 is 10.1 Å². The summed E-state index contributed by atoms with van der Waals surface area (Å²) < 4.78 is 30.2. The molecule has 0 saturated heterocycles. The second-order valence-corrected chi connectivity index (χ2v) is 8.08. The summed E-state index contributed by atoms with van der Waals surface area (Å²) in [6.45, 7) is 1.88. The molecule has 28 heavy (non-hydrogen) atoms. The molecule has 140 valence electrons. The van der Waals surface area contributed by atoms with E-state index in [9.17, 15) is 13.7 Å². The summed E-state index contributed by atoms with van der Waals surface area (Å²) in [5.74, 6) is 0.169. The Bertz CT molecular complexity index is 1160. The van der Waals surface area contributed by atoms with Crippen LogP contribution in [-0.4, -0.2) is 8.42 Å².